The van der Waals surface area contributed by atoms with E-state index in [1.54, 1.807) is 11.7 Å². The summed E-state index contributed by atoms with van der Waals surface area (Å²) < 4.78 is 13.6. The van der Waals surface area contributed by atoms with E-state index in [1.807, 2.05) is 41.4 Å². The number of hydrogen-bond donors (Lipinski definition) is 3. The van der Waals surface area contributed by atoms with Crippen LogP contribution in [0, 0.1) is 166 Å². The monoisotopic (exact) mass is 1010 g/mol. The van der Waals surface area contributed by atoms with Crippen LogP contribution in [0.5, 0.6) is 5.75 Å². The third kappa shape index (κ3) is 19.5. The van der Waals surface area contributed by atoms with E-state index in [-0.39, 0.29) is 41.4 Å². The van der Waals surface area contributed by atoms with Crippen LogP contribution >= 0.6 is 0 Å². The second-order valence-electron chi connectivity index (χ2n) is 13.5. The lowest BCUT2D eigenvalue weighted by Gasteiger charge is -2.35. The molecule has 74 heavy (non-hydrogen) atoms. The van der Waals surface area contributed by atoms with Crippen molar-refractivity contribution in [1.82, 2.24) is 39.3 Å². The molecule has 6 rings (SSSR count). The van der Waals surface area contributed by atoms with Crippen LogP contribution in [-0.2, 0) is 32.6 Å². The number of rotatable bonds is 11. The summed E-state index contributed by atoms with van der Waals surface area (Å²) in [4.78, 5) is 45.7. The predicted octanol–water partition coefficient (Wildman–Crippen LogP) is 5.44. The van der Waals surface area contributed by atoms with Gasteiger partial charge in [0.1, 0.15) is 17.7 Å². The number of nitrogens with one attached hydrogen (secondary N) is 1. The molecule has 3 N–H and O–H groups in total. The Kier molecular flexibility index (Phi) is 25.0. The Morgan fingerprint density at radius 3 is 1.77 bits per heavy atom. The number of amides is 1. The van der Waals surface area contributed by atoms with Crippen LogP contribution in [0.2, 0.25) is 0 Å². The first-order valence-electron chi connectivity index (χ1n) is 20.8. The molecule has 0 radical (unpaired) electrons. The molecule has 1 atom stereocenters. The summed E-state index contributed by atoms with van der Waals surface area (Å²) >= 11 is 0. The fourth-order valence-corrected chi connectivity index (χ4v) is 6.00. The standard InChI is InChI=1S/C26H29N7O4.C26H2.H3N7O4.13H2/c1-36-21-4-2-18(3-5-21)15-32-23-22(24-28-17-29-33(24)26(32)35)12-19(13-27-23)14-30-7-9-31(10-8-30)25(34)20-6-11-37-16-20;1-3-5-7-9-11-13-15-17-19-21-23-25-26-24-22-20-18-16-14-12-10-8-6-4-2;1-2-3-4-5-6-7(10-8)11-9;;;;;;;;;;;;;/h2-5,12-13,17,20H,6-11,14-16H2,1H3;1-2H;1,8-9H;13*1H/b;;2-1?,4-3+,6-5+;;;;;;;;;;;;;. The molecule has 1 unspecified atom stereocenters. The first-order chi connectivity index (χ1) is 36.4. The van der Waals surface area contributed by atoms with Gasteiger partial charge in [-0.15, -0.1) is 12.8 Å². The molecule has 4 aromatic rings. The van der Waals surface area contributed by atoms with E-state index in [9.17, 15) is 9.59 Å². The number of methoxy groups -OCH3 is 1. The highest BCUT2D eigenvalue weighted by molar-refractivity contribution is 5.89. The summed E-state index contributed by atoms with van der Waals surface area (Å²) in [6, 6.07) is 9.65. The largest absolute Gasteiger partial charge is 0.497 e. The van der Waals surface area contributed by atoms with Crippen molar-refractivity contribution in [3.8, 4) is 161 Å². The highest BCUT2D eigenvalue weighted by Crippen LogP contribution is 2.21. The van der Waals surface area contributed by atoms with E-state index in [2.05, 4.69) is 193 Å². The Hall–Kier alpha value is -11.1. The molecule has 2 saturated heterocycles. The Morgan fingerprint density at radius 1 is 0.757 bits per heavy atom. The quantitative estimate of drug-likeness (QED) is 0.0733. The first-order valence-corrected chi connectivity index (χ1v) is 20.8. The number of carbonyl (C=O) groups excluding carboxylic acids is 1. The number of fused-ring (bicyclic) bond motifs is 3. The maximum Gasteiger partial charge on any atom is 0.352 e. The zero-order valence-corrected chi connectivity index (χ0v) is 38.8. The normalized spacial score (nSPS) is 12.3. The summed E-state index contributed by atoms with van der Waals surface area (Å²) in [5.41, 5.74) is 8.82. The van der Waals surface area contributed by atoms with E-state index >= 15 is 0 Å². The summed E-state index contributed by atoms with van der Waals surface area (Å²) in [6.45, 7) is 5.31. The number of nitrogens with zero attached hydrogens (tertiary/aromatic N) is 13. The van der Waals surface area contributed by atoms with Gasteiger partial charge in [-0.1, -0.05) is 22.1 Å². The van der Waals surface area contributed by atoms with Gasteiger partial charge in [0.2, 0.25) is 5.91 Å². The number of aromatic nitrogens is 5. The molecular weight excluding hydrogens is 949 g/mol. The molecule has 2 aliphatic rings. The molecule has 0 bridgehead atoms. The van der Waals surface area contributed by atoms with Gasteiger partial charge in [-0.25, -0.2) is 25.3 Å². The zero-order valence-electron chi connectivity index (χ0n) is 38.8. The van der Waals surface area contributed by atoms with Gasteiger partial charge in [0.15, 0.2) is 5.65 Å². The lowest BCUT2D eigenvalue weighted by atomic mass is 10.1. The van der Waals surface area contributed by atoms with Crippen LogP contribution in [-0.4, -0.2) is 102 Å². The summed E-state index contributed by atoms with van der Waals surface area (Å²) in [6.07, 6.45) is 13.9. The maximum atomic E-state index is 13.2. The average Bonchev–Trinajstić information content (AvgIpc) is 4.17. The number of ether oxygens (including phenoxy) is 2. The molecule has 386 valence electrons. The molecule has 0 saturated carbocycles. The number of hydrogen-bond acceptors (Lipinski definition) is 14. The summed E-state index contributed by atoms with van der Waals surface area (Å²) in [5.74, 6) is 59.2. The van der Waals surface area contributed by atoms with Crippen LogP contribution in [0.4, 0.5) is 0 Å². The zero-order chi connectivity index (χ0) is 52.9. The van der Waals surface area contributed by atoms with Gasteiger partial charge in [0, 0.05) is 122 Å². The van der Waals surface area contributed by atoms with Gasteiger partial charge in [-0.3, -0.25) is 14.3 Å². The highest BCUT2D eigenvalue weighted by Gasteiger charge is 2.30. The Bertz CT molecular complexity index is 3570. The lowest BCUT2D eigenvalue weighted by molar-refractivity contribution is -0.587. The Morgan fingerprint density at radius 2 is 1.30 bits per heavy atom. The number of piperazine rings is 1. The van der Waals surface area contributed by atoms with Gasteiger partial charge >= 0.3 is 5.69 Å². The third-order valence-electron chi connectivity index (χ3n) is 9.08. The van der Waals surface area contributed by atoms with Crippen molar-refractivity contribution in [2.75, 3.05) is 46.5 Å². The average molecular weight is 1010 g/mol. The van der Waals surface area contributed by atoms with Crippen LogP contribution in [0.1, 0.15) is 36.1 Å². The smallest absolute Gasteiger partial charge is 0.352 e. The molecule has 2 aliphatic heterocycles. The second kappa shape index (κ2) is 33.4. The van der Waals surface area contributed by atoms with E-state index in [4.69, 9.17) is 43.4 Å². The molecule has 2 fully saturated rings. The van der Waals surface area contributed by atoms with Crippen molar-refractivity contribution in [3.05, 3.63) is 64.5 Å². The Balaban J connectivity index is -0.000000133. The van der Waals surface area contributed by atoms with E-state index in [1.165, 1.54) is 10.8 Å². The maximum absolute atomic E-state index is 13.2. The molecule has 5 heterocycles. The van der Waals surface area contributed by atoms with E-state index in [0.29, 0.717) is 50.7 Å². The SMILES string of the molecule is C#CC#CC#CC#CC#CC#CC#CC#CC#CC#CC#CC#CC#C.COc1ccc(Cn2c(=O)n3ncnc3c3cc(CN4CCN(C(=O)C5CCOC5)CC4)cnc32)cc1.N=N/N=N/N=N/N(OO)OO.[HH].[HH].[HH].[HH].[HH].[HH].[HH].[HH].[HH].[HH].[HH].[HH].[HH]. The summed E-state index contributed by atoms with van der Waals surface area (Å²) in [7, 11) is 1.62. The molecule has 0 spiro atoms. The number of terminal acetylenes is 2. The topological polar surface area (TPSA) is 255 Å². The fourth-order valence-electron chi connectivity index (χ4n) is 6.00. The molecule has 0 aliphatic carbocycles. The van der Waals surface area contributed by atoms with Gasteiger partial charge in [0.25, 0.3) is 0 Å². The van der Waals surface area contributed by atoms with Crippen molar-refractivity contribution in [1.29, 1.82) is 5.53 Å². The number of benzene rings is 1. The minimum atomic E-state index is -0.287. The van der Waals surface area contributed by atoms with Crippen LogP contribution in [0.25, 0.3) is 16.7 Å². The fraction of sp³-hybridized carbons (Fsp3) is 0.212. The van der Waals surface area contributed by atoms with Gasteiger partial charge in [-0.05, 0) is 146 Å². The van der Waals surface area contributed by atoms with Crippen molar-refractivity contribution < 1.29 is 53.3 Å². The van der Waals surface area contributed by atoms with E-state index in [0.717, 1.165) is 41.8 Å². The lowest BCUT2D eigenvalue weighted by Crippen LogP contribution is -2.50. The third-order valence-corrected chi connectivity index (χ3v) is 9.08. The van der Waals surface area contributed by atoms with Crippen LogP contribution in [0.3, 0.4) is 0 Å². The minimum absolute atomic E-state index is 0. The van der Waals surface area contributed by atoms with Crippen LogP contribution < -0.4 is 10.4 Å². The van der Waals surface area contributed by atoms with Crippen LogP contribution in [0.15, 0.2) is 73.8 Å². The molecule has 22 heteroatoms. The highest BCUT2D eigenvalue weighted by atomic mass is 17.4. The molecule has 3 aromatic heterocycles. The van der Waals surface area contributed by atoms with Crippen molar-refractivity contribution >= 4 is 22.6 Å². The molecular formula is C52H60N14O8. The number of carbonyl (C=O) groups is 1. The predicted molar refractivity (Wildman–Crippen MR) is 290 cm³/mol. The molecule has 22 nitrogen and oxygen atoms in total. The number of pyridine rings is 1. The van der Waals surface area contributed by atoms with Gasteiger partial charge in [0.05, 0.1) is 36.9 Å². The van der Waals surface area contributed by atoms with Crippen molar-refractivity contribution in [2.24, 2.45) is 32.0 Å². The second-order valence-corrected chi connectivity index (χ2v) is 13.5. The first kappa shape index (κ1) is 55.5. The van der Waals surface area contributed by atoms with Crippen molar-refractivity contribution in [2.45, 2.75) is 19.5 Å². The Labute approximate surface area is 443 Å². The van der Waals surface area contributed by atoms with Gasteiger partial charge in [-0.2, -0.15) is 15.1 Å². The van der Waals surface area contributed by atoms with E-state index < -0.39 is 0 Å². The van der Waals surface area contributed by atoms with Gasteiger partial charge < -0.3 is 14.4 Å². The van der Waals surface area contributed by atoms with Crippen molar-refractivity contribution in [3.63, 3.8) is 0 Å². The molecule has 1 amide bonds. The molecule has 1 aromatic carbocycles. The minimum Gasteiger partial charge on any atom is -0.497 e. The summed E-state index contributed by atoms with van der Waals surface area (Å²) in [5, 5.41) is 33.5.